The molecule has 6 heteroatoms. The van der Waals surface area contributed by atoms with Crippen molar-refractivity contribution in [2.75, 3.05) is 11.5 Å². The van der Waals surface area contributed by atoms with Crippen LogP contribution in [0.25, 0.3) is 0 Å². The van der Waals surface area contributed by atoms with Gasteiger partial charge in [-0.15, -0.1) is 0 Å². The van der Waals surface area contributed by atoms with Crippen LogP contribution in [0.4, 0.5) is 5.95 Å². The molecule has 72 valence electrons. The van der Waals surface area contributed by atoms with Gasteiger partial charge in [-0.1, -0.05) is 0 Å². The van der Waals surface area contributed by atoms with Crippen molar-refractivity contribution in [3.05, 3.63) is 11.9 Å². The van der Waals surface area contributed by atoms with E-state index in [1.165, 1.54) is 6.20 Å². The Morgan fingerprint density at radius 1 is 1.62 bits per heavy atom. The number of rotatable bonds is 1. The molecule has 0 amide bonds. The van der Waals surface area contributed by atoms with E-state index in [4.69, 9.17) is 5.73 Å². The third-order valence-corrected chi connectivity index (χ3v) is 4.51. The molecule has 1 fully saturated rings. The lowest BCUT2D eigenvalue weighted by Gasteiger charge is -2.04. The summed E-state index contributed by atoms with van der Waals surface area (Å²) in [5, 5.41) is -0.419. The van der Waals surface area contributed by atoms with Gasteiger partial charge in [0.15, 0.2) is 15.8 Å². The van der Waals surface area contributed by atoms with E-state index in [1.807, 2.05) is 0 Å². The second-order valence-electron chi connectivity index (χ2n) is 3.22. The summed E-state index contributed by atoms with van der Waals surface area (Å²) < 4.78 is 23.0. The highest BCUT2D eigenvalue weighted by Crippen LogP contribution is 2.33. The number of imidazole rings is 1. The molecule has 3 N–H and O–H groups in total. The van der Waals surface area contributed by atoms with Crippen molar-refractivity contribution in [3.63, 3.8) is 0 Å². The van der Waals surface area contributed by atoms with Gasteiger partial charge in [0, 0.05) is 0 Å². The maximum absolute atomic E-state index is 11.5. The number of aromatic nitrogens is 2. The Morgan fingerprint density at radius 2 is 2.38 bits per heavy atom. The van der Waals surface area contributed by atoms with Crippen LogP contribution in [0.2, 0.25) is 0 Å². The minimum atomic E-state index is -2.95. The largest absolute Gasteiger partial charge is 0.369 e. The van der Waals surface area contributed by atoms with Crippen molar-refractivity contribution in [2.24, 2.45) is 0 Å². The zero-order chi connectivity index (χ0) is 9.47. The maximum Gasteiger partial charge on any atom is 0.197 e. The summed E-state index contributed by atoms with van der Waals surface area (Å²) in [7, 11) is -2.95. The van der Waals surface area contributed by atoms with Gasteiger partial charge in [0.05, 0.1) is 17.6 Å². The van der Waals surface area contributed by atoms with E-state index in [1.54, 1.807) is 0 Å². The van der Waals surface area contributed by atoms with Gasteiger partial charge in [0.2, 0.25) is 0 Å². The molecule has 2 heterocycles. The molecule has 13 heavy (non-hydrogen) atoms. The molecule has 2 rings (SSSR count). The summed E-state index contributed by atoms with van der Waals surface area (Å²) in [5.41, 5.74) is 5.99. The van der Waals surface area contributed by atoms with Crippen molar-refractivity contribution in [1.82, 2.24) is 9.97 Å². The molecule has 1 aliphatic heterocycles. The zero-order valence-corrected chi connectivity index (χ0v) is 7.84. The molecular formula is C7H11N3O2S. The lowest BCUT2D eigenvalue weighted by Crippen LogP contribution is -2.08. The summed E-state index contributed by atoms with van der Waals surface area (Å²) in [4.78, 5) is 6.55. The molecule has 1 unspecified atom stereocenters. The first kappa shape index (κ1) is 8.55. The van der Waals surface area contributed by atoms with Gasteiger partial charge < -0.3 is 10.7 Å². The van der Waals surface area contributed by atoms with Gasteiger partial charge in [-0.05, 0) is 12.8 Å². The molecule has 5 nitrogen and oxygen atoms in total. The van der Waals surface area contributed by atoms with Gasteiger partial charge in [-0.3, -0.25) is 0 Å². The smallest absolute Gasteiger partial charge is 0.197 e. The molecule has 1 aromatic rings. The molecule has 1 saturated heterocycles. The Hall–Kier alpha value is -1.04. The lowest BCUT2D eigenvalue weighted by atomic mass is 10.2. The highest BCUT2D eigenvalue weighted by atomic mass is 32.2. The monoisotopic (exact) mass is 201 g/mol. The van der Waals surface area contributed by atoms with Crippen LogP contribution in [0.3, 0.4) is 0 Å². The predicted molar refractivity (Wildman–Crippen MR) is 48.8 cm³/mol. The van der Waals surface area contributed by atoms with E-state index in [0.717, 1.165) is 6.42 Å². The van der Waals surface area contributed by atoms with Crippen LogP contribution in [-0.2, 0) is 9.84 Å². The van der Waals surface area contributed by atoms with Gasteiger partial charge in [-0.2, -0.15) is 0 Å². The molecule has 1 aliphatic rings. The van der Waals surface area contributed by atoms with Gasteiger partial charge in [0.25, 0.3) is 0 Å². The Labute approximate surface area is 76.3 Å². The fourth-order valence-electron chi connectivity index (χ4n) is 1.66. The summed E-state index contributed by atoms with van der Waals surface area (Å²) in [6.45, 7) is 0. The van der Waals surface area contributed by atoms with Crippen LogP contribution in [0.15, 0.2) is 6.20 Å². The average Bonchev–Trinajstić information content (AvgIpc) is 2.56. The van der Waals surface area contributed by atoms with Crippen LogP contribution in [0.5, 0.6) is 0 Å². The number of hydrogen-bond donors (Lipinski definition) is 2. The number of aromatic amines is 1. The predicted octanol–water partition coefficient (Wildman–Crippen LogP) is 0.242. The Kier molecular flexibility index (Phi) is 1.80. The number of nitrogens with zero attached hydrogens (tertiary/aromatic N) is 1. The summed E-state index contributed by atoms with van der Waals surface area (Å²) in [6, 6.07) is 0. The number of H-pyrrole nitrogens is 1. The maximum atomic E-state index is 11.5. The number of nitrogen functional groups attached to an aromatic ring is 1. The molecular weight excluding hydrogens is 190 g/mol. The van der Waals surface area contributed by atoms with Crippen molar-refractivity contribution in [1.29, 1.82) is 0 Å². The van der Waals surface area contributed by atoms with Crippen molar-refractivity contribution in [3.8, 4) is 0 Å². The molecule has 0 aromatic carbocycles. The molecule has 0 bridgehead atoms. The Morgan fingerprint density at radius 3 is 2.85 bits per heavy atom. The number of hydrogen-bond acceptors (Lipinski definition) is 4. The van der Waals surface area contributed by atoms with E-state index >= 15 is 0 Å². The topological polar surface area (TPSA) is 88.8 Å². The second kappa shape index (κ2) is 2.73. The minimum absolute atomic E-state index is 0.274. The minimum Gasteiger partial charge on any atom is -0.369 e. The third kappa shape index (κ3) is 1.41. The van der Waals surface area contributed by atoms with Gasteiger partial charge in [-0.25, -0.2) is 13.4 Å². The first-order valence-electron chi connectivity index (χ1n) is 4.11. The van der Waals surface area contributed by atoms with E-state index in [0.29, 0.717) is 12.1 Å². The first-order valence-corrected chi connectivity index (χ1v) is 5.83. The lowest BCUT2D eigenvalue weighted by molar-refractivity contribution is 0.591. The van der Waals surface area contributed by atoms with Crippen LogP contribution in [0.1, 0.15) is 23.8 Å². The molecule has 0 radical (unpaired) electrons. The normalized spacial score (nSPS) is 26.3. The number of anilines is 1. The highest BCUT2D eigenvalue weighted by molar-refractivity contribution is 7.91. The van der Waals surface area contributed by atoms with Crippen LogP contribution < -0.4 is 5.73 Å². The van der Waals surface area contributed by atoms with E-state index < -0.39 is 15.1 Å². The van der Waals surface area contributed by atoms with Crippen molar-refractivity contribution < 1.29 is 8.42 Å². The first-order chi connectivity index (χ1) is 6.09. The summed E-state index contributed by atoms with van der Waals surface area (Å²) in [6.07, 6.45) is 2.90. The summed E-state index contributed by atoms with van der Waals surface area (Å²) in [5.74, 6) is 0.549. The molecule has 0 saturated carbocycles. The van der Waals surface area contributed by atoms with Gasteiger partial charge >= 0.3 is 0 Å². The Balaban J connectivity index is 2.37. The SMILES string of the molecule is Nc1ncc(C2CCCS2(=O)=O)[nH]1. The average molecular weight is 201 g/mol. The van der Waals surface area contributed by atoms with Gasteiger partial charge in [0.1, 0.15) is 5.25 Å². The molecule has 0 aliphatic carbocycles. The fourth-order valence-corrected chi connectivity index (χ4v) is 3.54. The van der Waals surface area contributed by atoms with Crippen molar-refractivity contribution in [2.45, 2.75) is 18.1 Å². The quantitative estimate of drug-likeness (QED) is 0.681. The Bertz CT molecular complexity index is 409. The van der Waals surface area contributed by atoms with E-state index in [9.17, 15) is 8.42 Å². The summed E-state index contributed by atoms with van der Waals surface area (Å²) >= 11 is 0. The van der Waals surface area contributed by atoms with Crippen LogP contribution >= 0.6 is 0 Å². The van der Waals surface area contributed by atoms with E-state index in [-0.39, 0.29) is 11.7 Å². The van der Waals surface area contributed by atoms with E-state index in [2.05, 4.69) is 9.97 Å². The molecule has 1 aromatic heterocycles. The zero-order valence-electron chi connectivity index (χ0n) is 7.03. The number of nitrogens with one attached hydrogen (secondary N) is 1. The molecule has 1 atom stereocenters. The second-order valence-corrected chi connectivity index (χ2v) is 5.52. The standard InChI is InChI=1S/C7H11N3O2S/c8-7-9-4-5(10-7)6-2-1-3-13(6,11)12/h4,6H,1-3H2,(H3,8,9,10). The van der Waals surface area contributed by atoms with Crippen LogP contribution in [0, 0.1) is 0 Å². The number of nitrogens with two attached hydrogens (primary N) is 1. The molecule has 0 spiro atoms. The van der Waals surface area contributed by atoms with Crippen molar-refractivity contribution >= 4 is 15.8 Å². The number of sulfone groups is 1. The van der Waals surface area contributed by atoms with Crippen LogP contribution in [-0.4, -0.2) is 24.1 Å². The third-order valence-electron chi connectivity index (χ3n) is 2.29. The fraction of sp³-hybridized carbons (Fsp3) is 0.571. The highest BCUT2D eigenvalue weighted by Gasteiger charge is 2.33.